The molecule has 1 aliphatic heterocycles. The number of hydrogen-bond acceptors (Lipinski definition) is 2. The minimum absolute atomic E-state index is 0.0450. The first-order valence-electron chi connectivity index (χ1n) is 6.50. The Bertz CT molecular complexity index is 166. The van der Waals surface area contributed by atoms with E-state index in [-0.39, 0.29) is 6.29 Å². The van der Waals surface area contributed by atoms with Gasteiger partial charge in [-0.2, -0.15) is 0 Å². The molecule has 90 valence electrons. The molecule has 0 aromatic heterocycles. The van der Waals surface area contributed by atoms with Crippen molar-refractivity contribution in [2.45, 2.75) is 78.3 Å². The molecule has 0 aromatic carbocycles. The maximum atomic E-state index is 5.92. The van der Waals surface area contributed by atoms with Gasteiger partial charge in [-0.05, 0) is 25.7 Å². The van der Waals surface area contributed by atoms with Crippen molar-refractivity contribution < 1.29 is 9.47 Å². The molecule has 0 radical (unpaired) electrons. The second-order valence-electron chi connectivity index (χ2n) is 4.70. The van der Waals surface area contributed by atoms with E-state index in [4.69, 9.17) is 9.47 Å². The zero-order chi connectivity index (χ0) is 11.3. The Morgan fingerprint density at radius 3 is 2.33 bits per heavy atom. The third-order valence-electron chi connectivity index (χ3n) is 3.46. The van der Waals surface area contributed by atoms with Crippen molar-refractivity contribution in [3.05, 3.63) is 0 Å². The van der Waals surface area contributed by atoms with Gasteiger partial charge < -0.3 is 9.47 Å². The molecule has 0 spiro atoms. The van der Waals surface area contributed by atoms with Crippen LogP contribution in [0.25, 0.3) is 0 Å². The van der Waals surface area contributed by atoms with E-state index in [2.05, 4.69) is 27.7 Å². The molecular formula is C13H26O2. The van der Waals surface area contributed by atoms with E-state index < -0.39 is 0 Å². The predicted octanol–water partition coefficient (Wildman–Crippen LogP) is 3.74. The molecule has 15 heavy (non-hydrogen) atoms. The van der Waals surface area contributed by atoms with Crippen LogP contribution in [0.1, 0.15) is 59.8 Å². The lowest BCUT2D eigenvalue weighted by Gasteiger charge is -2.35. The van der Waals surface area contributed by atoms with E-state index in [9.17, 15) is 0 Å². The van der Waals surface area contributed by atoms with Crippen LogP contribution in [0.15, 0.2) is 0 Å². The average molecular weight is 214 g/mol. The highest BCUT2D eigenvalue weighted by molar-refractivity contribution is 4.70. The van der Waals surface area contributed by atoms with Crippen LogP contribution >= 0.6 is 0 Å². The summed E-state index contributed by atoms with van der Waals surface area (Å²) in [5, 5.41) is 0. The summed E-state index contributed by atoms with van der Waals surface area (Å²) in [5.74, 6) is 0.748. The molecular weight excluding hydrogens is 188 g/mol. The molecule has 1 fully saturated rings. The average Bonchev–Trinajstić information content (AvgIpc) is 2.25. The van der Waals surface area contributed by atoms with Crippen molar-refractivity contribution in [3.63, 3.8) is 0 Å². The minimum Gasteiger partial charge on any atom is -0.350 e. The van der Waals surface area contributed by atoms with Crippen LogP contribution in [0, 0.1) is 5.92 Å². The first-order chi connectivity index (χ1) is 7.19. The van der Waals surface area contributed by atoms with E-state index in [0.717, 1.165) is 25.2 Å². The molecule has 1 aliphatic rings. The fourth-order valence-electron chi connectivity index (χ4n) is 2.26. The summed E-state index contributed by atoms with van der Waals surface area (Å²) in [6.07, 6.45) is 6.49. The molecule has 0 amide bonds. The molecule has 2 nitrogen and oxygen atoms in total. The van der Waals surface area contributed by atoms with Crippen LogP contribution in [0.5, 0.6) is 0 Å². The van der Waals surface area contributed by atoms with E-state index in [1.165, 1.54) is 12.8 Å². The van der Waals surface area contributed by atoms with Crippen molar-refractivity contribution in [1.82, 2.24) is 0 Å². The summed E-state index contributed by atoms with van der Waals surface area (Å²) in [7, 11) is 0. The van der Waals surface area contributed by atoms with Gasteiger partial charge in [-0.25, -0.2) is 0 Å². The topological polar surface area (TPSA) is 18.5 Å². The summed E-state index contributed by atoms with van der Waals surface area (Å²) >= 11 is 0. The predicted molar refractivity (Wildman–Crippen MR) is 62.8 cm³/mol. The standard InChI is InChI=1S/C13H26O2/c1-5-11(6-2)9-13-14-10(4)8-12(7-3)15-13/h10-13H,5-9H2,1-4H3. The van der Waals surface area contributed by atoms with Gasteiger partial charge in [-0.1, -0.05) is 33.6 Å². The van der Waals surface area contributed by atoms with Crippen molar-refractivity contribution in [1.29, 1.82) is 0 Å². The number of hydrogen-bond donors (Lipinski definition) is 0. The van der Waals surface area contributed by atoms with Crippen LogP contribution in [0.3, 0.4) is 0 Å². The number of ether oxygens (including phenoxy) is 2. The number of rotatable bonds is 5. The fraction of sp³-hybridized carbons (Fsp3) is 1.00. The molecule has 3 unspecified atom stereocenters. The first-order valence-corrected chi connectivity index (χ1v) is 6.50. The van der Waals surface area contributed by atoms with E-state index in [1.807, 2.05) is 0 Å². The molecule has 0 aliphatic carbocycles. The van der Waals surface area contributed by atoms with Crippen LogP contribution < -0.4 is 0 Å². The highest BCUT2D eigenvalue weighted by atomic mass is 16.7. The third-order valence-corrected chi connectivity index (χ3v) is 3.46. The van der Waals surface area contributed by atoms with E-state index in [1.54, 1.807) is 0 Å². The Morgan fingerprint density at radius 1 is 1.13 bits per heavy atom. The van der Waals surface area contributed by atoms with Crippen molar-refractivity contribution in [2.24, 2.45) is 5.92 Å². The van der Waals surface area contributed by atoms with Gasteiger partial charge in [0.15, 0.2) is 6.29 Å². The Labute approximate surface area is 94.3 Å². The Morgan fingerprint density at radius 2 is 1.80 bits per heavy atom. The Balaban J connectivity index is 2.39. The normalized spacial score (nSPS) is 32.2. The Hall–Kier alpha value is -0.0800. The van der Waals surface area contributed by atoms with Gasteiger partial charge >= 0.3 is 0 Å². The lowest BCUT2D eigenvalue weighted by molar-refractivity contribution is -0.245. The lowest BCUT2D eigenvalue weighted by Crippen LogP contribution is -2.37. The van der Waals surface area contributed by atoms with Gasteiger partial charge in [0.2, 0.25) is 0 Å². The highest BCUT2D eigenvalue weighted by Gasteiger charge is 2.27. The molecule has 3 atom stereocenters. The monoisotopic (exact) mass is 214 g/mol. The summed E-state index contributed by atoms with van der Waals surface area (Å²) < 4.78 is 11.7. The molecule has 0 N–H and O–H groups in total. The zero-order valence-electron chi connectivity index (χ0n) is 10.7. The SMILES string of the molecule is CCC(CC)CC1OC(C)CC(CC)O1. The quantitative estimate of drug-likeness (QED) is 0.694. The molecule has 0 bridgehead atoms. The summed E-state index contributed by atoms with van der Waals surface area (Å²) in [6, 6.07) is 0. The molecule has 0 saturated carbocycles. The van der Waals surface area contributed by atoms with E-state index >= 15 is 0 Å². The van der Waals surface area contributed by atoms with E-state index in [0.29, 0.717) is 12.2 Å². The van der Waals surface area contributed by atoms with Crippen molar-refractivity contribution >= 4 is 0 Å². The minimum atomic E-state index is 0.0450. The van der Waals surface area contributed by atoms with Crippen LogP contribution in [0.4, 0.5) is 0 Å². The second kappa shape index (κ2) is 6.49. The summed E-state index contributed by atoms with van der Waals surface area (Å²) in [6.45, 7) is 8.84. The van der Waals surface area contributed by atoms with Crippen LogP contribution in [-0.4, -0.2) is 18.5 Å². The van der Waals surface area contributed by atoms with Crippen LogP contribution in [0.2, 0.25) is 0 Å². The van der Waals surface area contributed by atoms with Gasteiger partial charge in [0, 0.05) is 6.42 Å². The van der Waals surface area contributed by atoms with Gasteiger partial charge in [0.25, 0.3) is 0 Å². The molecule has 1 heterocycles. The molecule has 1 rings (SSSR count). The van der Waals surface area contributed by atoms with Crippen molar-refractivity contribution in [2.75, 3.05) is 0 Å². The van der Waals surface area contributed by atoms with Gasteiger partial charge in [0.1, 0.15) is 0 Å². The maximum Gasteiger partial charge on any atom is 0.158 e. The van der Waals surface area contributed by atoms with Crippen LogP contribution in [-0.2, 0) is 9.47 Å². The largest absolute Gasteiger partial charge is 0.350 e. The van der Waals surface area contributed by atoms with Gasteiger partial charge in [-0.3, -0.25) is 0 Å². The summed E-state index contributed by atoms with van der Waals surface area (Å²) in [4.78, 5) is 0. The lowest BCUT2D eigenvalue weighted by atomic mass is 9.98. The second-order valence-corrected chi connectivity index (χ2v) is 4.70. The maximum absolute atomic E-state index is 5.92. The zero-order valence-corrected chi connectivity index (χ0v) is 10.7. The van der Waals surface area contributed by atoms with Gasteiger partial charge in [-0.15, -0.1) is 0 Å². The van der Waals surface area contributed by atoms with Gasteiger partial charge in [0.05, 0.1) is 12.2 Å². The van der Waals surface area contributed by atoms with Crippen molar-refractivity contribution in [3.8, 4) is 0 Å². The molecule has 0 aromatic rings. The molecule has 1 saturated heterocycles. The smallest absolute Gasteiger partial charge is 0.158 e. The summed E-state index contributed by atoms with van der Waals surface area (Å²) in [5.41, 5.74) is 0. The third kappa shape index (κ3) is 4.12. The fourth-order valence-corrected chi connectivity index (χ4v) is 2.26. The Kier molecular flexibility index (Phi) is 5.62. The highest BCUT2D eigenvalue weighted by Crippen LogP contribution is 2.26. The molecule has 2 heteroatoms. The first kappa shape index (κ1) is 13.0.